The lowest BCUT2D eigenvalue weighted by atomic mass is 10.2. The van der Waals surface area contributed by atoms with Gasteiger partial charge in [0.1, 0.15) is 22.9 Å². The Morgan fingerprint density at radius 1 is 1.42 bits per heavy atom. The van der Waals surface area contributed by atoms with E-state index in [1.165, 1.54) is 7.11 Å². The first-order valence-electron chi connectivity index (χ1n) is 7.79. The van der Waals surface area contributed by atoms with Crippen LogP contribution >= 0.6 is 0 Å². The van der Waals surface area contributed by atoms with Gasteiger partial charge in [-0.15, -0.1) is 15.3 Å². The Balaban J connectivity index is 1.52. The number of esters is 1. The number of anilines is 1. The molecule has 0 aromatic carbocycles. The van der Waals surface area contributed by atoms with Crippen molar-refractivity contribution >= 4 is 17.4 Å². The zero-order chi connectivity index (χ0) is 16.7. The summed E-state index contributed by atoms with van der Waals surface area (Å²) in [5.74, 6) is 2.85. The first kappa shape index (κ1) is 14.7. The second kappa shape index (κ2) is 5.63. The van der Waals surface area contributed by atoms with Crippen molar-refractivity contribution in [3.63, 3.8) is 0 Å². The van der Waals surface area contributed by atoms with Gasteiger partial charge in [-0.2, -0.15) is 4.52 Å². The number of furan rings is 1. The van der Waals surface area contributed by atoms with E-state index in [9.17, 15) is 4.79 Å². The van der Waals surface area contributed by atoms with Gasteiger partial charge in [-0.1, -0.05) is 0 Å². The second-order valence-electron chi connectivity index (χ2n) is 5.85. The summed E-state index contributed by atoms with van der Waals surface area (Å²) in [6.45, 7) is 2.15. The molecule has 0 radical (unpaired) electrons. The molecule has 4 rings (SSSR count). The van der Waals surface area contributed by atoms with Gasteiger partial charge in [0.05, 0.1) is 13.7 Å². The lowest BCUT2D eigenvalue weighted by Gasteiger charge is -2.04. The first-order valence-corrected chi connectivity index (χ1v) is 7.79. The fraction of sp³-hybridized carbons (Fsp3) is 0.375. The van der Waals surface area contributed by atoms with E-state index in [0.29, 0.717) is 35.4 Å². The molecule has 8 heteroatoms. The van der Waals surface area contributed by atoms with Crippen LogP contribution in [0.2, 0.25) is 0 Å². The molecule has 0 bridgehead atoms. The predicted molar refractivity (Wildman–Crippen MR) is 84.9 cm³/mol. The number of nitrogens with one attached hydrogen (secondary N) is 1. The molecule has 124 valence electrons. The number of hydrogen-bond donors (Lipinski definition) is 1. The summed E-state index contributed by atoms with van der Waals surface area (Å²) < 4.78 is 12.1. The van der Waals surface area contributed by atoms with Crippen molar-refractivity contribution in [1.29, 1.82) is 0 Å². The summed E-state index contributed by atoms with van der Waals surface area (Å²) in [4.78, 5) is 11.6. The highest BCUT2D eigenvalue weighted by atomic mass is 16.5. The van der Waals surface area contributed by atoms with Gasteiger partial charge in [0.15, 0.2) is 11.5 Å². The number of aromatic nitrogens is 4. The van der Waals surface area contributed by atoms with Crippen LogP contribution in [-0.2, 0) is 11.3 Å². The zero-order valence-electron chi connectivity index (χ0n) is 13.4. The molecule has 24 heavy (non-hydrogen) atoms. The number of fused-ring (bicyclic) bond motifs is 1. The van der Waals surface area contributed by atoms with Crippen LogP contribution < -0.4 is 5.32 Å². The Kier molecular flexibility index (Phi) is 3.44. The van der Waals surface area contributed by atoms with Gasteiger partial charge in [-0.25, -0.2) is 4.79 Å². The van der Waals surface area contributed by atoms with Crippen molar-refractivity contribution in [2.75, 3.05) is 12.4 Å². The molecular weight excluding hydrogens is 310 g/mol. The number of methoxy groups -OCH3 is 1. The monoisotopic (exact) mass is 327 g/mol. The number of carbonyl (C=O) groups excluding carboxylic acids is 1. The Labute approximate surface area is 137 Å². The normalized spacial score (nSPS) is 14.1. The lowest BCUT2D eigenvalue weighted by Crippen LogP contribution is -2.05. The highest BCUT2D eigenvalue weighted by Crippen LogP contribution is 2.38. The van der Waals surface area contributed by atoms with E-state index in [0.717, 1.165) is 24.3 Å². The van der Waals surface area contributed by atoms with Crippen molar-refractivity contribution in [3.8, 4) is 0 Å². The van der Waals surface area contributed by atoms with E-state index in [-0.39, 0.29) is 0 Å². The average molecular weight is 327 g/mol. The maximum atomic E-state index is 11.6. The van der Waals surface area contributed by atoms with Crippen molar-refractivity contribution in [2.24, 2.45) is 0 Å². The lowest BCUT2D eigenvalue weighted by molar-refractivity contribution is 0.0599. The smallest absolute Gasteiger partial charge is 0.341 e. The number of aryl methyl sites for hydroxylation is 1. The average Bonchev–Trinajstić information content (AvgIpc) is 3.24. The van der Waals surface area contributed by atoms with Crippen LogP contribution in [0.3, 0.4) is 0 Å². The molecule has 0 saturated heterocycles. The van der Waals surface area contributed by atoms with Gasteiger partial charge in [0.25, 0.3) is 0 Å². The molecule has 0 unspecified atom stereocenters. The Bertz CT molecular complexity index is 910. The summed E-state index contributed by atoms with van der Waals surface area (Å²) in [5.41, 5.74) is 1.18. The molecule has 1 saturated carbocycles. The van der Waals surface area contributed by atoms with Crippen molar-refractivity contribution in [1.82, 2.24) is 19.8 Å². The molecule has 0 atom stereocenters. The Morgan fingerprint density at radius 2 is 2.25 bits per heavy atom. The van der Waals surface area contributed by atoms with E-state index >= 15 is 0 Å². The van der Waals surface area contributed by atoms with Crippen LogP contribution in [0.15, 0.2) is 22.6 Å². The topological polar surface area (TPSA) is 94.5 Å². The molecular formula is C16H17N5O3. The maximum absolute atomic E-state index is 11.6. The SMILES string of the molecule is COC(=O)c1cc(CNc2ccc3nnc(C4CC4)n3n2)oc1C. The highest BCUT2D eigenvalue weighted by Gasteiger charge is 2.29. The molecule has 1 N–H and O–H groups in total. The van der Waals surface area contributed by atoms with Gasteiger partial charge in [0.2, 0.25) is 0 Å². The second-order valence-corrected chi connectivity index (χ2v) is 5.85. The molecule has 3 aromatic rings. The van der Waals surface area contributed by atoms with Gasteiger partial charge in [-0.05, 0) is 38.0 Å². The molecule has 1 aliphatic rings. The molecule has 1 fully saturated rings. The molecule has 3 aromatic heterocycles. The van der Waals surface area contributed by atoms with Crippen LogP contribution in [0.5, 0.6) is 0 Å². The van der Waals surface area contributed by atoms with Crippen molar-refractivity contribution < 1.29 is 13.9 Å². The molecule has 8 nitrogen and oxygen atoms in total. The summed E-state index contributed by atoms with van der Waals surface area (Å²) in [6.07, 6.45) is 2.28. The number of rotatable bonds is 5. The number of carbonyl (C=O) groups is 1. The van der Waals surface area contributed by atoms with Crippen LogP contribution in [-0.4, -0.2) is 32.9 Å². The van der Waals surface area contributed by atoms with E-state index < -0.39 is 5.97 Å². The third-order valence-electron chi connectivity index (χ3n) is 4.05. The third-order valence-corrected chi connectivity index (χ3v) is 4.05. The highest BCUT2D eigenvalue weighted by molar-refractivity contribution is 5.90. The number of nitrogens with zero attached hydrogens (tertiary/aromatic N) is 4. The first-order chi connectivity index (χ1) is 11.7. The number of hydrogen-bond acceptors (Lipinski definition) is 7. The standard InChI is InChI=1S/C16H17N5O3/c1-9-12(16(22)23-2)7-11(24-9)8-17-13-5-6-14-18-19-15(10-3-4-10)21(14)20-13/h5-7,10H,3-4,8H2,1-2H3,(H,17,20). The van der Waals surface area contributed by atoms with E-state index in [4.69, 9.17) is 9.15 Å². The zero-order valence-corrected chi connectivity index (χ0v) is 13.4. The maximum Gasteiger partial charge on any atom is 0.341 e. The molecule has 0 aliphatic heterocycles. The largest absolute Gasteiger partial charge is 0.465 e. The quantitative estimate of drug-likeness (QED) is 0.718. The van der Waals surface area contributed by atoms with Crippen LogP contribution in [0.1, 0.15) is 46.5 Å². The Hall–Kier alpha value is -2.90. The summed E-state index contributed by atoms with van der Waals surface area (Å²) in [7, 11) is 1.35. The molecule has 0 amide bonds. The third kappa shape index (κ3) is 2.60. The van der Waals surface area contributed by atoms with Gasteiger partial charge >= 0.3 is 5.97 Å². The fourth-order valence-corrected chi connectivity index (χ4v) is 2.62. The van der Waals surface area contributed by atoms with Crippen molar-refractivity contribution in [3.05, 3.63) is 41.1 Å². The van der Waals surface area contributed by atoms with Gasteiger partial charge in [-0.3, -0.25) is 0 Å². The predicted octanol–water partition coefficient (Wildman–Crippen LogP) is 2.30. The van der Waals surface area contributed by atoms with Crippen LogP contribution in [0.4, 0.5) is 5.82 Å². The summed E-state index contributed by atoms with van der Waals surface area (Å²) in [6, 6.07) is 5.40. The fourth-order valence-electron chi connectivity index (χ4n) is 2.62. The van der Waals surface area contributed by atoms with Gasteiger partial charge in [0, 0.05) is 5.92 Å². The Morgan fingerprint density at radius 3 is 3.00 bits per heavy atom. The van der Waals surface area contributed by atoms with E-state index in [1.54, 1.807) is 17.5 Å². The minimum Gasteiger partial charge on any atom is -0.465 e. The van der Waals surface area contributed by atoms with Crippen LogP contribution in [0.25, 0.3) is 5.65 Å². The van der Waals surface area contributed by atoms with E-state index in [1.807, 2.05) is 12.1 Å². The molecule has 0 spiro atoms. The van der Waals surface area contributed by atoms with Crippen LogP contribution in [0, 0.1) is 6.92 Å². The minimum atomic E-state index is -0.402. The van der Waals surface area contributed by atoms with Crippen molar-refractivity contribution in [2.45, 2.75) is 32.2 Å². The summed E-state index contributed by atoms with van der Waals surface area (Å²) in [5, 5.41) is 16.1. The van der Waals surface area contributed by atoms with Gasteiger partial charge < -0.3 is 14.5 Å². The van der Waals surface area contributed by atoms with E-state index in [2.05, 4.69) is 20.6 Å². The summed E-state index contributed by atoms with van der Waals surface area (Å²) >= 11 is 0. The number of ether oxygens (including phenoxy) is 1. The molecule has 1 aliphatic carbocycles. The molecule has 3 heterocycles. The minimum absolute atomic E-state index is 0.402.